The molecule has 0 unspecified atom stereocenters. The standard InChI is InChI=1S/C13H19N3O/c14-9-12-8-11(5-6-15-12)10-16-7-3-1-2-4-13(16)17/h5-6,8H,1-4,7,9-10,14H2. The van der Waals surface area contributed by atoms with Crippen molar-refractivity contribution in [2.45, 2.75) is 38.8 Å². The summed E-state index contributed by atoms with van der Waals surface area (Å²) in [4.78, 5) is 18.0. The van der Waals surface area contributed by atoms with Crippen molar-refractivity contribution in [1.82, 2.24) is 9.88 Å². The number of hydrogen-bond acceptors (Lipinski definition) is 3. The number of amides is 1. The van der Waals surface area contributed by atoms with Gasteiger partial charge in [-0.3, -0.25) is 9.78 Å². The zero-order valence-corrected chi connectivity index (χ0v) is 10.1. The molecule has 0 spiro atoms. The highest BCUT2D eigenvalue weighted by atomic mass is 16.2. The van der Waals surface area contributed by atoms with Crippen LogP contribution < -0.4 is 5.73 Å². The normalized spacial score (nSPS) is 17.0. The zero-order valence-electron chi connectivity index (χ0n) is 10.1. The van der Waals surface area contributed by atoms with E-state index in [-0.39, 0.29) is 5.91 Å². The summed E-state index contributed by atoms with van der Waals surface area (Å²) >= 11 is 0. The maximum Gasteiger partial charge on any atom is 0.222 e. The van der Waals surface area contributed by atoms with Crippen LogP contribution in [0.3, 0.4) is 0 Å². The van der Waals surface area contributed by atoms with E-state index in [9.17, 15) is 4.79 Å². The van der Waals surface area contributed by atoms with Gasteiger partial charge in [0.2, 0.25) is 5.91 Å². The quantitative estimate of drug-likeness (QED) is 0.859. The summed E-state index contributed by atoms with van der Waals surface area (Å²) in [5, 5.41) is 0. The van der Waals surface area contributed by atoms with Gasteiger partial charge in [0.05, 0.1) is 5.69 Å². The number of nitrogens with two attached hydrogens (primary N) is 1. The van der Waals surface area contributed by atoms with Crippen molar-refractivity contribution in [3.05, 3.63) is 29.6 Å². The number of aromatic nitrogens is 1. The molecule has 0 saturated carbocycles. The molecular formula is C13H19N3O. The predicted octanol–water partition coefficient (Wildman–Crippen LogP) is 1.44. The third kappa shape index (κ3) is 3.27. The molecule has 4 heteroatoms. The smallest absolute Gasteiger partial charge is 0.222 e. The summed E-state index contributed by atoms with van der Waals surface area (Å²) in [5.41, 5.74) is 7.56. The molecule has 2 N–H and O–H groups in total. The molecule has 1 saturated heterocycles. The fourth-order valence-corrected chi connectivity index (χ4v) is 2.16. The average molecular weight is 233 g/mol. The third-order valence-corrected chi connectivity index (χ3v) is 3.13. The van der Waals surface area contributed by atoms with Crippen molar-refractivity contribution in [2.75, 3.05) is 6.54 Å². The van der Waals surface area contributed by atoms with Gasteiger partial charge in [0.1, 0.15) is 0 Å². The first kappa shape index (κ1) is 12.0. The van der Waals surface area contributed by atoms with Gasteiger partial charge in [0.25, 0.3) is 0 Å². The van der Waals surface area contributed by atoms with E-state index < -0.39 is 0 Å². The molecule has 4 nitrogen and oxygen atoms in total. The Hall–Kier alpha value is -1.42. The summed E-state index contributed by atoms with van der Waals surface area (Å²) in [6.45, 7) is 2.01. The molecule has 1 aromatic rings. The number of rotatable bonds is 3. The molecule has 0 bridgehead atoms. The Kier molecular flexibility index (Phi) is 4.09. The second kappa shape index (κ2) is 5.77. The average Bonchev–Trinajstić information content (AvgIpc) is 2.55. The highest BCUT2D eigenvalue weighted by Crippen LogP contribution is 2.14. The minimum Gasteiger partial charge on any atom is -0.338 e. The molecule has 0 aromatic carbocycles. The third-order valence-electron chi connectivity index (χ3n) is 3.13. The van der Waals surface area contributed by atoms with Crippen LogP contribution in [0.4, 0.5) is 0 Å². The second-order valence-corrected chi connectivity index (χ2v) is 4.49. The number of carbonyl (C=O) groups excluding carboxylic acids is 1. The highest BCUT2D eigenvalue weighted by Gasteiger charge is 2.16. The monoisotopic (exact) mass is 233 g/mol. The molecular weight excluding hydrogens is 214 g/mol. The van der Waals surface area contributed by atoms with Crippen molar-refractivity contribution in [3.63, 3.8) is 0 Å². The van der Waals surface area contributed by atoms with E-state index >= 15 is 0 Å². The van der Waals surface area contributed by atoms with Crippen molar-refractivity contribution in [3.8, 4) is 0 Å². The second-order valence-electron chi connectivity index (χ2n) is 4.49. The molecule has 2 heterocycles. The molecule has 2 rings (SSSR count). The van der Waals surface area contributed by atoms with Crippen molar-refractivity contribution in [2.24, 2.45) is 5.73 Å². The lowest BCUT2D eigenvalue weighted by Gasteiger charge is -2.20. The first-order chi connectivity index (χ1) is 8.29. The predicted molar refractivity (Wildman–Crippen MR) is 66.0 cm³/mol. The van der Waals surface area contributed by atoms with Gasteiger partial charge >= 0.3 is 0 Å². The lowest BCUT2D eigenvalue weighted by molar-refractivity contribution is -0.131. The Balaban J connectivity index is 2.05. The van der Waals surface area contributed by atoms with E-state index in [2.05, 4.69) is 4.98 Å². The summed E-state index contributed by atoms with van der Waals surface area (Å²) < 4.78 is 0. The van der Waals surface area contributed by atoms with Gasteiger partial charge in [-0.2, -0.15) is 0 Å². The molecule has 92 valence electrons. The summed E-state index contributed by atoms with van der Waals surface area (Å²) in [6.07, 6.45) is 5.75. The first-order valence-corrected chi connectivity index (χ1v) is 6.21. The van der Waals surface area contributed by atoms with Crippen molar-refractivity contribution >= 4 is 5.91 Å². The van der Waals surface area contributed by atoms with Crippen molar-refractivity contribution in [1.29, 1.82) is 0 Å². The van der Waals surface area contributed by atoms with Gasteiger partial charge < -0.3 is 10.6 Å². The Morgan fingerprint density at radius 3 is 3.06 bits per heavy atom. The minimum absolute atomic E-state index is 0.272. The van der Waals surface area contributed by atoms with Crippen LogP contribution in [-0.4, -0.2) is 22.3 Å². The molecule has 1 aliphatic rings. The Morgan fingerprint density at radius 2 is 2.24 bits per heavy atom. The minimum atomic E-state index is 0.272. The fourth-order valence-electron chi connectivity index (χ4n) is 2.16. The lowest BCUT2D eigenvalue weighted by atomic mass is 10.2. The summed E-state index contributed by atoms with van der Waals surface area (Å²) in [7, 11) is 0. The fraction of sp³-hybridized carbons (Fsp3) is 0.538. The molecule has 17 heavy (non-hydrogen) atoms. The number of pyridine rings is 1. The van der Waals surface area contributed by atoms with E-state index in [4.69, 9.17) is 5.73 Å². The van der Waals surface area contributed by atoms with E-state index in [0.29, 0.717) is 19.5 Å². The van der Waals surface area contributed by atoms with Gasteiger partial charge in [-0.25, -0.2) is 0 Å². The van der Waals surface area contributed by atoms with Gasteiger partial charge in [0.15, 0.2) is 0 Å². The summed E-state index contributed by atoms with van der Waals surface area (Å²) in [5.74, 6) is 0.272. The van der Waals surface area contributed by atoms with Crippen LogP contribution in [0.15, 0.2) is 18.3 Å². The van der Waals surface area contributed by atoms with Crippen LogP contribution in [0.2, 0.25) is 0 Å². The Bertz CT molecular complexity index is 392. The summed E-state index contributed by atoms with van der Waals surface area (Å²) in [6, 6.07) is 3.94. The molecule has 1 amide bonds. The first-order valence-electron chi connectivity index (χ1n) is 6.21. The van der Waals surface area contributed by atoms with E-state index in [0.717, 1.165) is 37.1 Å². The maximum atomic E-state index is 11.9. The number of nitrogens with zero attached hydrogens (tertiary/aromatic N) is 2. The van der Waals surface area contributed by atoms with E-state index in [1.54, 1.807) is 6.20 Å². The Labute approximate surface area is 102 Å². The topological polar surface area (TPSA) is 59.2 Å². The van der Waals surface area contributed by atoms with Crippen LogP contribution in [-0.2, 0) is 17.9 Å². The number of likely N-dealkylation sites (tertiary alicyclic amines) is 1. The lowest BCUT2D eigenvalue weighted by Crippen LogP contribution is -2.29. The van der Waals surface area contributed by atoms with Crippen molar-refractivity contribution < 1.29 is 4.79 Å². The SMILES string of the molecule is NCc1cc(CN2CCCCCC2=O)ccn1. The number of carbonyl (C=O) groups is 1. The van der Waals surface area contributed by atoms with Crippen LogP contribution in [0.1, 0.15) is 36.9 Å². The number of hydrogen-bond donors (Lipinski definition) is 1. The molecule has 1 aliphatic heterocycles. The van der Waals surface area contributed by atoms with E-state index in [1.165, 1.54) is 0 Å². The molecule has 0 radical (unpaired) electrons. The van der Waals surface area contributed by atoms with E-state index in [1.807, 2.05) is 17.0 Å². The molecule has 1 fully saturated rings. The Morgan fingerprint density at radius 1 is 1.35 bits per heavy atom. The van der Waals surface area contributed by atoms with Crippen LogP contribution in [0.5, 0.6) is 0 Å². The van der Waals surface area contributed by atoms with Gasteiger partial charge in [0, 0.05) is 32.3 Å². The largest absolute Gasteiger partial charge is 0.338 e. The van der Waals surface area contributed by atoms with Gasteiger partial charge in [-0.05, 0) is 30.5 Å². The van der Waals surface area contributed by atoms with Crippen LogP contribution in [0.25, 0.3) is 0 Å². The highest BCUT2D eigenvalue weighted by molar-refractivity contribution is 5.76. The van der Waals surface area contributed by atoms with Gasteiger partial charge in [-0.15, -0.1) is 0 Å². The zero-order chi connectivity index (χ0) is 12.1. The maximum absolute atomic E-state index is 11.9. The molecule has 0 aliphatic carbocycles. The van der Waals surface area contributed by atoms with Gasteiger partial charge in [-0.1, -0.05) is 6.42 Å². The molecule has 0 atom stereocenters. The van der Waals surface area contributed by atoms with Crippen LogP contribution >= 0.6 is 0 Å². The van der Waals surface area contributed by atoms with Crippen LogP contribution in [0, 0.1) is 0 Å². The molecule has 1 aromatic heterocycles.